The van der Waals surface area contributed by atoms with Gasteiger partial charge in [0.05, 0.1) is 24.7 Å². The molecule has 4 rings (SSSR count). The first-order valence-electron chi connectivity index (χ1n) is 12.1. The molecular weight excluding hydrogens is 460 g/mol. The highest BCUT2D eigenvalue weighted by atomic mass is 16.5. The Bertz CT molecular complexity index is 1190. The smallest absolute Gasteiger partial charge is 0.254 e. The van der Waals surface area contributed by atoms with E-state index < -0.39 is 11.3 Å². The first kappa shape index (κ1) is 25.3. The minimum atomic E-state index is -0.856. The molecule has 2 aliphatic heterocycles. The molecule has 0 aliphatic carbocycles. The van der Waals surface area contributed by atoms with E-state index in [0.717, 1.165) is 19.4 Å². The number of nitriles is 1. The van der Waals surface area contributed by atoms with E-state index in [4.69, 9.17) is 16.2 Å². The Morgan fingerprint density at radius 1 is 1.22 bits per heavy atom. The number of hydrogen-bond acceptors (Lipinski definition) is 9. The molecule has 36 heavy (non-hydrogen) atoms. The maximum Gasteiger partial charge on any atom is 0.254 e. The Hall–Kier alpha value is -3.75. The molecule has 1 unspecified atom stereocenters. The minimum absolute atomic E-state index is 0.0215. The molecule has 11 nitrogen and oxygen atoms in total. The number of benzene rings is 1. The lowest BCUT2D eigenvalue weighted by Crippen LogP contribution is -2.43. The van der Waals surface area contributed by atoms with Gasteiger partial charge in [-0.3, -0.25) is 9.59 Å². The highest BCUT2D eigenvalue weighted by Gasteiger charge is 2.26. The highest BCUT2D eigenvalue weighted by molar-refractivity contribution is 5.99. The van der Waals surface area contributed by atoms with Crippen LogP contribution in [0.1, 0.15) is 53.0 Å². The molecular formula is C25H32N8O3. The van der Waals surface area contributed by atoms with E-state index in [1.807, 2.05) is 4.90 Å². The summed E-state index contributed by atoms with van der Waals surface area (Å²) in [6.45, 7) is 6.88. The molecule has 0 bridgehead atoms. The molecule has 0 radical (unpaired) electrons. The van der Waals surface area contributed by atoms with Crippen molar-refractivity contribution in [3.63, 3.8) is 0 Å². The van der Waals surface area contributed by atoms with Gasteiger partial charge in [0.2, 0.25) is 5.95 Å². The second kappa shape index (κ2) is 10.5. The molecule has 2 amide bonds. The summed E-state index contributed by atoms with van der Waals surface area (Å²) in [7, 11) is 0. The number of rotatable bonds is 6. The van der Waals surface area contributed by atoms with Crippen LogP contribution in [0.4, 0.5) is 17.5 Å². The summed E-state index contributed by atoms with van der Waals surface area (Å²) >= 11 is 0. The monoisotopic (exact) mass is 492 g/mol. The normalized spacial score (nSPS) is 18.4. The third-order valence-electron chi connectivity index (χ3n) is 6.52. The van der Waals surface area contributed by atoms with Crippen molar-refractivity contribution in [2.45, 2.75) is 38.1 Å². The summed E-state index contributed by atoms with van der Waals surface area (Å²) in [5, 5.41) is 12.9. The van der Waals surface area contributed by atoms with Crippen LogP contribution in [0.2, 0.25) is 0 Å². The number of piperidine rings is 1. The number of nitrogens with one attached hydrogen (secondary N) is 1. The van der Waals surface area contributed by atoms with Crippen molar-refractivity contribution in [3.05, 3.63) is 41.1 Å². The molecule has 0 saturated carbocycles. The van der Waals surface area contributed by atoms with Crippen LogP contribution in [0, 0.1) is 11.3 Å². The van der Waals surface area contributed by atoms with Gasteiger partial charge < -0.3 is 31.3 Å². The zero-order valence-electron chi connectivity index (χ0n) is 20.7. The van der Waals surface area contributed by atoms with Crippen molar-refractivity contribution >= 4 is 29.3 Å². The SMILES string of the molecule is CC(C)(C#N)c1cc(Nc2nc(N3CCCC(N)C3)ncc2C(N)=O)cc(C(=O)N2CCOCC2)c1. The summed E-state index contributed by atoms with van der Waals surface area (Å²) in [4.78, 5) is 38.1. The molecule has 2 aromatic rings. The Kier molecular flexibility index (Phi) is 7.37. The second-order valence-electron chi connectivity index (χ2n) is 9.71. The Balaban J connectivity index is 1.73. The fourth-order valence-electron chi connectivity index (χ4n) is 4.33. The van der Waals surface area contributed by atoms with E-state index in [2.05, 4.69) is 21.4 Å². The predicted molar refractivity (Wildman–Crippen MR) is 135 cm³/mol. The molecule has 0 spiro atoms. The fraction of sp³-hybridized carbons (Fsp3) is 0.480. The van der Waals surface area contributed by atoms with Crippen molar-refractivity contribution in [2.75, 3.05) is 49.6 Å². The number of carbonyl (C=O) groups excluding carboxylic acids is 2. The standard InChI is InChI=1S/C25H32N8O3/c1-25(2,15-26)17-10-16(23(35)32-6-8-36-9-7-32)11-19(12-17)30-22-20(21(28)34)13-29-24(31-22)33-5-3-4-18(27)14-33/h10-13,18H,3-9,14,27H2,1-2H3,(H2,28,34)(H,29,30,31). The first-order chi connectivity index (χ1) is 17.2. The Morgan fingerprint density at radius 3 is 2.64 bits per heavy atom. The lowest BCUT2D eigenvalue weighted by atomic mass is 9.85. The summed E-state index contributed by atoms with van der Waals surface area (Å²) < 4.78 is 5.37. The first-order valence-corrected chi connectivity index (χ1v) is 12.1. The molecule has 1 atom stereocenters. The van der Waals surface area contributed by atoms with Crippen molar-refractivity contribution in [2.24, 2.45) is 11.5 Å². The van der Waals surface area contributed by atoms with Crippen molar-refractivity contribution in [1.29, 1.82) is 5.26 Å². The number of ether oxygens (including phenoxy) is 1. The van der Waals surface area contributed by atoms with Crippen molar-refractivity contribution < 1.29 is 14.3 Å². The second-order valence-corrected chi connectivity index (χ2v) is 9.71. The van der Waals surface area contributed by atoms with Crippen LogP contribution >= 0.6 is 0 Å². The third kappa shape index (κ3) is 5.56. The minimum Gasteiger partial charge on any atom is -0.378 e. The summed E-state index contributed by atoms with van der Waals surface area (Å²) in [6, 6.07) is 7.52. The topological polar surface area (TPSA) is 163 Å². The fourth-order valence-corrected chi connectivity index (χ4v) is 4.33. The van der Waals surface area contributed by atoms with E-state index in [9.17, 15) is 14.9 Å². The number of carbonyl (C=O) groups is 2. The van der Waals surface area contributed by atoms with E-state index in [0.29, 0.717) is 55.6 Å². The molecule has 2 fully saturated rings. The summed E-state index contributed by atoms with van der Waals surface area (Å²) in [5.74, 6) is -0.172. The molecule has 5 N–H and O–H groups in total. The van der Waals surface area contributed by atoms with Crippen molar-refractivity contribution in [3.8, 4) is 6.07 Å². The van der Waals surface area contributed by atoms with Gasteiger partial charge in [-0.25, -0.2) is 4.98 Å². The number of nitrogens with two attached hydrogens (primary N) is 2. The Morgan fingerprint density at radius 2 is 1.97 bits per heavy atom. The largest absolute Gasteiger partial charge is 0.378 e. The number of hydrogen-bond donors (Lipinski definition) is 3. The van der Waals surface area contributed by atoms with Gasteiger partial charge in [-0.1, -0.05) is 0 Å². The van der Waals surface area contributed by atoms with Crippen LogP contribution < -0.4 is 21.7 Å². The zero-order chi connectivity index (χ0) is 25.9. The van der Waals surface area contributed by atoms with Gasteiger partial charge in [0, 0.05) is 49.7 Å². The number of anilines is 3. The lowest BCUT2D eigenvalue weighted by Gasteiger charge is -2.31. The zero-order valence-corrected chi connectivity index (χ0v) is 20.7. The molecule has 11 heteroatoms. The molecule has 190 valence electrons. The number of nitrogens with zero attached hydrogens (tertiary/aromatic N) is 5. The number of primary amides is 1. The van der Waals surface area contributed by atoms with Gasteiger partial charge in [-0.15, -0.1) is 0 Å². The molecule has 1 aromatic carbocycles. The number of morpholine rings is 1. The Labute approximate surface area is 210 Å². The molecule has 2 saturated heterocycles. The van der Waals surface area contributed by atoms with Gasteiger partial charge in [-0.05, 0) is 50.5 Å². The van der Waals surface area contributed by atoms with Crippen LogP contribution in [0.3, 0.4) is 0 Å². The molecule has 2 aliphatic rings. The van der Waals surface area contributed by atoms with E-state index in [1.54, 1.807) is 36.9 Å². The maximum absolute atomic E-state index is 13.3. The van der Waals surface area contributed by atoms with Gasteiger partial charge in [0.15, 0.2) is 0 Å². The number of aromatic nitrogens is 2. The van der Waals surface area contributed by atoms with Crippen LogP contribution in [-0.2, 0) is 10.2 Å². The van der Waals surface area contributed by atoms with Crippen LogP contribution in [0.25, 0.3) is 0 Å². The quantitative estimate of drug-likeness (QED) is 0.542. The molecule has 1 aromatic heterocycles. The van der Waals surface area contributed by atoms with Gasteiger partial charge in [0.25, 0.3) is 11.8 Å². The lowest BCUT2D eigenvalue weighted by molar-refractivity contribution is 0.0303. The van der Waals surface area contributed by atoms with Crippen molar-refractivity contribution in [1.82, 2.24) is 14.9 Å². The van der Waals surface area contributed by atoms with E-state index in [1.165, 1.54) is 6.20 Å². The molecule has 3 heterocycles. The van der Waals surface area contributed by atoms with Gasteiger partial charge in [0.1, 0.15) is 11.4 Å². The number of amides is 2. The van der Waals surface area contributed by atoms with Crippen LogP contribution in [0.15, 0.2) is 24.4 Å². The van der Waals surface area contributed by atoms with Gasteiger partial charge in [-0.2, -0.15) is 10.2 Å². The predicted octanol–water partition coefficient (Wildman–Crippen LogP) is 1.52. The maximum atomic E-state index is 13.3. The van der Waals surface area contributed by atoms with E-state index >= 15 is 0 Å². The highest BCUT2D eigenvalue weighted by Crippen LogP contribution is 2.30. The van der Waals surface area contributed by atoms with Crippen LogP contribution in [0.5, 0.6) is 0 Å². The summed E-state index contributed by atoms with van der Waals surface area (Å²) in [6.07, 6.45) is 3.25. The van der Waals surface area contributed by atoms with E-state index in [-0.39, 0.29) is 23.3 Å². The average molecular weight is 493 g/mol. The summed E-state index contributed by atoms with van der Waals surface area (Å²) in [5.41, 5.74) is 12.6. The van der Waals surface area contributed by atoms with Gasteiger partial charge >= 0.3 is 0 Å². The van der Waals surface area contributed by atoms with Crippen LogP contribution in [-0.4, -0.2) is 72.1 Å². The average Bonchev–Trinajstić information content (AvgIpc) is 2.88. The third-order valence-corrected chi connectivity index (χ3v) is 6.52.